The first kappa shape index (κ1) is 20.0. The molecule has 0 N–H and O–H groups in total. The molecule has 0 atom stereocenters. The number of methoxy groups -OCH3 is 1. The van der Waals surface area contributed by atoms with Gasteiger partial charge in [0.2, 0.25) is 5.78 Å². The van der Waals surface area contributed by atoms with E-state index < -0.39 is 0 Å². The van der Waals surface area contributed by atoms with Gasteiger partial charge in [-0.05, 0) is 38.0 Å². The van der Waals surface area contributed by atoms with Crippen LogP contribution in [0.3, 0.4) is 0 Å². The Hall–Kier alpha value is -3.29. The van der Waals surface area contributed by atoms with Crippen LogP contribution < -0.4 is 16.0 Å². The van der Waals surface area contributed by atoms with Crippen LogP contribution in [0.4, 0.5) is 0 Å². The van der Waals surface area contributed by atoms with Crippen molar-refractivity contribution < 1.29 is 4.74 Å². The molecular formula is C22H27N5O3. The number of fused-ring (bicyclic) bond motifs is 3. The van der Waals surface area contributed by atoms with Crippen molar-refractivity contribution in [1.82, 2.24) is 23.1 Å². The van der Waals surface area contributed by atoms with Gasteiger partial charge in [0, 0.05) is 25.0 Å². The molecule has 8 heteroatoms. The summed E-state index contributed by atoms with van der Waals surface area (Å²) >= 11 is 0. The molecule has 3 heterocycles. The van der Waals surface area contributed by atoms with Crippen LogP contribution in [0, 0.1) is 13.8 Å². The van der Waals surface area contributed by atoms with Crippen LogP contribution in [0.25, 0.3) is 16.9 Å². The SMILES string of the molecule is CCCCn1c(=O)c2c(nc3n(Cc4ccc(OC)cc4)c(C)c(C)n23)n(C)c1=O. The number of aromatic nitrogens is 5. The summed E-state index contributed by atoms with van der Waals surface area (Å²) in [6.07, 6.45) is 1.69. The molecule has 0 fully saturated rings. The van der Waals surface area contributed by atoms with E-state index in [4.69, 9.17) is 9.72 Å². The van der Waals surface area contributed by atoms with Gasteiger partial charge in [-0.3, -0.25) is 18.3 Å². The lowest BCUT2D eigenvalue weighted by Crippen LogP contribution is -2.39. The topological polar surface area (TPSA) is 75.5 Å². The highest BCUT2D eigenvalue weighted by molar-refractivity contribution is 5.76. The van der Waals surface area contributed by atoms with Gasteiger partial charge < -0.3 is 9.30 Å². The van der Waals surface area contributed by atoms with E-state index in [1.165, 1.54) is 9.13 Å². The fraction of sp³-hybridized carbons (Fsp3) is 0.409. The first-order valence-corrected chi connectivity index (χ1v) is 10.2. The largest absolute Gasteiger partial charge is 0.497 e. The average Bonchev–Trinajstić information content (AvgIpc) is 3.25. The third-order valence-corrected chi connectivity index (χ3v) is 5.86. The molecule has 30 heavy (non-hydrogen) atoms. The fourth-order valence-electron chi connectivity index (χ4n) is 3.93. The molecule has 0 unspecified atom stereocenters. The maximum absolute atomic E-state index is 13.2. The van der Waals surface area contributed by atoms with Crippen LogP contribution in [0.5, 0.6) is 5.75 Å². The molecule has 4 rings (SSSR count). The van der Waals surface area contributed by atoms with E-state index in [1.807, 2.05) is 49.4 Å². The highest BCUT2D eigenvalue weighted by atomic mass is 16.5. The second kappa shape index (κ2) is 7.51. The van der Waals surface area contributed by atoms with E-state index >= 15 is 0 Å². The molecule has 0 radical (unpaired) electrons. The van der Waals surface area contributed by atoms with Crippen molar-refractivity contribution in [3.8, 4) is 5.75 Å². The summed E-state index contributed by atoms with van der Waals surface area (Å²) in [5.41, 5.74) is 3.34. The van der Waals surface area contributed by atoms with Gasteiger partial charge in [0.05, 0.1) is 13.7 Å². The highest BCUT2D eigenvalue weighted by Gasteiger charge is 2.22. The predicted octanol–water partition coefficient (Wildman–Crippen LogP) is 2.62. The number of unbranched alkanes of at least 4 members (excludes halogenated alkanes) is 1. The molecule has 4 aromatic rings. The minimum absolute atomic E-state index is 0.279. The number of ether oxygens (including phenoxy) is 1. The molecule has 3 aromatic heterocycles. The number of rotatable bonds is 6. The minimum Gasteiger partial charge on any atom is -0.497 e. The van der Waals surface area contributed by atoms with Crippen LogP contribution in [0.15, 0.2) is 33.9 Å². The van der Waals surface area contributed by atoms with Crippen molar-refractivity contribution in [3.05, 3.63) is 62.1 Å². The lowest BCUT2D eigenvalue weighted by Gasteiger charge is -2.08. The zero-order chi connectivity index (χ0) is 21.6. The fourth-order valence-corrected chi connectivity index (χ4v) is 3.93. The Kier molecular flexibility index (Phi) is 5.01. The molecule has 0 aliphatic carbocycles. The van der Waals surface area contributed by atoms with Gasteiger partial charge in [-0.25, -0.2) is 4.79 Å². The number of benzene rings is 1. The summed E-state index contributed by atoms with van der Waals surface area (Å²) in [4.78, 5) is 30.7. The lowest BCUT2D eigenvalue weighted by atomic mass is 10.2. The van der Waals surface area contributed by atoms with Gasteiger partial charge in [0.15, 0.2) is 11.2 Å². The van der Waals surface area contributed by atoms with Gasteiger partial charge in [-0.2, -0.15) is 4.98 Å². The number of hydrogen-bond acceptors (Lipinski definition) is 4. The van der Waals surface area contributed by atoms with Crippen LogP contribution in [-0.2, 0) is 20.1 Å². The minimum atomic E-state index is -0.321. The summed E-state index contributed by atoms with van der Waals surface area (Å²) in [5, 5.41) is 0. The van der Waals surface area contributed by atoms with Crippen molar-refractivity contribution in [3.63, 3.8) is 0 Å². The Morgan fingerprint density at radius 3 is 2.37 bits per heavy atom. The van der Waals surface area contributed by atoms with Crippen molar-refractivity contribution in [2.24, 2.45) is 7.05 Å². The van der Waals surface area contributed by atoms with E-state index in [-0.39, 0.29) is 11.2 Å². The smallest absolute Gasteiger partial charge is 0.332 e. The predicted molar refractivity (Wildman–Crippen MR) is 117 cm³/mol. The highest BCUT2D eigenvalue weighted by Crippen LogP contribution is 2.22. The Bertz CT molecular complexity index is 1350. The van der Waals surface area contributed by atoms with Crippen molar-refractivity contribution in [1.29, 1.82) is 0 Å². The second-order valence-electron chi connectivity index (χ2n) is 7.68. The number of hydrogen-bond donors (Lipinski definition) is 0. The van der Waals surface area contributed by atoms with E-state index in [1.54, 1.807) is 14.2 Å². The van der Waals surface area contributed by atoms with Crippen molar-refractivity contribution in [2.75, 3.05) is 7.11 Å². The number of imidazole rings is 2. The molecule has 1 aromatic carbocycles. The van der Waals surface area contributed by atoms with Gasteiger partial charge in [0.1, 0.15) is 5.75 Å². The molecule has 0 aliphatic rings. The monoisotopic (exact) mass is 409 g/mol. The summed E-state index contributed by atoms with van der Waals surface area (Å²) in [6.45, 7) is 7.06. The molecule has 0 amide bonds. The molecule has 8 nitrogen and oxygen atoms in total. The molecular weight excluding hydrogens is 382 g/mol. The van der Waals surface area contributed by atoms with E-state index in [9.17, 15) is 9.59 Å². The summed E-state index contributed by atoms with van der Waals surface area (Å²) in [5.74, 6) is 1.47. The Morgan fingerprint density at radius 1 is 1.03 bits per heavy atom. The average molecular weight is 409 g/mol. The number of nitrogens with zero attached hydrogens (tertiary/aromatic N) is 5. The first-order valence-electron chi connectivity index (χ1n) is 10.2. The standard InChI is InChI=1S/C22H27N5O3/c1-6-7-12-25-20(28)18-19(24(4)22(25)29)23-21-26(14(2)15(3)27(18)21)13-16-8-10-17(30-5)11-9-16/h8-11H,6-7,12-13H2,1-5H3. The maximum Gasteiger partial charge on any atom is 0.332 e. The van der Waals surface area contributed by atoms with E-state index in [2.05, 4.69) is 4.57 Å². The Balaban J connectivity index is 1.96. The van der Waals surface area contributed by atoms with Crippen molar-refractivity contribution in [2.45, 2.75) is 46.7 Å². The quantitative estimate of drug-likeness (QED) is 0.491. The first-order chi connectivity index (χ1) is 14.4. The van der Waals surface area contributed by atoms with Crippen LogP contribution in [0.2, 0.25) is 0 Å². The summed E-state index contributed by atoms with van der Waals surface area (Å²) in [7, 11) is 3.32. The van der Waals surface area contributed by atoms with Gasteiger partial charge in [-0.1, -0.05) is 25.5 Å². The summed E-state index contributed by atoms with van der Waals surface area (Å²) in [6, 6.07) is 7.88. The molecule has 0 saturated carbocycles. The van der Waals surface area contributed by atoms with Gasteiger partial charge in [0.25, 0.3) is 5.56 Å². The van der Waals surface area contributed by atoms with Gasteiger partial charge >= 0.3 is 5.69 Å². The lowest BCUT2D eigenvalue weighted by molar-refractivity contribution is 0.414. The molecule has 158 valence electrons. The van der Waals surface area contributed by atoms with Crippen molar-refractivity contribution >= 4 is 16.9 Å². The third kappa shape index (κ3) is 2.94. The van der Waals surface area contributed by atoms with Gasteiger partial charge in [-0.15, -0.1) is 0 Å². The number of aryl methyl sites for hydroxylation is 2. The molecule has 0 saturated heterocycles. The van der Waals surface area contributed by atoms with E-state index in [0.717, 1.165) is 35.5 Å². The van der Waals surface area contributed by atoms with E-state index in [0.29, 0.717) is 30.0 Å². The van der Waals surface area contributed by atoms with Crippen LogP contribution in [0.1, 0.15) is 36.7 Å². The molecule has 0 bridgehead atoms. The molecule has 0 aliphatic heterocycles. The van der Waals surface area contributed by atoms with Crippen LogP contribution in [-0.4, -0.2) is 30.2 Å². The van der Waals surface area contributed by atoms with Crippen LogP contribution >= 0.6 is 0 Å². The Labute approximate surface area is 174 Å². The normalized spacial score (nSPS) is 11.6. The zero-order valence-corrected chi connectivity index (χ0v) is 18.1. The third-order valence-electron chi connectivity index (χ3n) is 5.86. The Morgan fingerprint density at radius 2 is 1.73 bits per heavy atom. The maximum atomic E-state index is 13.2. The summed E-state index contributed by atoms with van der Waals surface area (Å²) < 4.78 is 12.0. The second-order valence-corrected chi connectivity index (χ2v) is 7.68. The molecule has 0 spiro atoms. The zero-order valence-electron chi connectivity index (χ0n) is 18.1.